The first kappa shape index (κ1) is 9.95. The molecule has 0 N–H and O–H groups in total. The molecule has 1 fully saturated rings. The van der Waals surface area contributed by atoms with Gasteiger partial charge >= 0.3 is 0 Å². The fraction of sp³-hybridized carbons (Fsp3) is 0.769. The molecule has 0 unspecified atom stereocenters. The fourth-order valence-corrected chi connectivity index (χ4v) is 2.96. The number of ketones is 1. The number of allylic oxidation sites excluding steroid dienone is 2. The molecule has 2 aliphatic rings. The van der Waals surface area contributed by atoms with Crippen LogP contribution >= 0.6 is 0 Å². The maximum Gasteiger partial charge on any atom is 0.156 e. The lowest BCUT2D eigenvalue weighted by molar-refractivity contribution is -0.115. The van der Waals surface area contributed by atoms with Crippen molar-refractivity contribution < 1.29 is 4.79 Å². The molecule has 2 aliphatic carbocycles. The highest BCUT2D eigenvalue weighted by atomic mass is 16.1. The lowest BCUT2D eigenvalue weighted by Crippen LogP contribution is -2.36. The molecule has 0 aromatic carbocycles. The van der Waals surface area contributed by atoms with Crippen molar-refractivity contribution in [3.8, 4) is 0 Å². The Morgan fingerprint density at radius 1 is 1.21 bits per heavy atom. The lowest BCUT2D eigenvalue weighted by Gasteiger charge is -2.46. The van der Waals surface area contributed by atoms with Crippen molar-refractivity contribution in [3.63, 3.8) is 0 Å². The van der Waals surface area contributed by atoms with Crippen LogP contribution in [-0.2, 0) is 4.79 Å². The Bertz CT molecular complexity index is 307. The van der Waals surface area contributed by atoms with Crippen molar-refractivity contribution in [1.29, 1.82) is 0 Å². The van der Waals surface area contributed by atoms with Crippen LogP contribution in [0.1, 0.15) is 47.0 Å². The average Bonchev–Trinajstić information content (AvgIpc) is 2.44. The van der Waals surface area contributed by atoms with Crippen LogP contribution in [0.2, 0.25) is 0 Å². The zero-order valence-corrected chi connectivity index (χ0v) is 9.68. The number of carbonyl (C=O) groups is 1. The van der Waals surface area contributed by atoms with Crippen molar-refractivity contribution in [2.24, 2.45) is 16.7 Å². The summed E-state index contributed by atoms with van der Waals surface area (Å²) in [7, 11) is 0. The minimum atomic E-state index is 0.256. The van der Waals surface area contributed by atoms with Crippen LogP contribution in [0.4, 0.5) is 0 Å². The first-order chi connectivity index (χ1) is 6.33. The molecule has 1 nitrogen and oxygen atoms in total. The minimum absolute atomic E-state index is 0.256. The van der Waals surface area contributed by atoms with Crippen LogP contribution in [0.15, 0.2) is 11.6 Å². The third kappa shape index (κ3) is 1.34. The van der Waals surface area contributed by atoms with Crippen LogP contribution in [0.25, 0.3) is 0 Å². The zero-order chi connectivity index (χ0) is 10.6. The smallest absolute Gasteiger partial charge is 0.156 e. The largest absolute Gasteiger partial charge is 0.295 e. The van der Waals surface area contributed by atoms with E-state index in [1.165, 1.54) is 18.4 Å². The molecule has 0 aliphatic heterocycles. The van der Waals surface area contributed by atoms with Gasteiger partial charge < -0.3 is 0 Å². The monoisotopic (exact) mass is 192 g/mol. The summed E-state index contributed by atoms with van der Waals surface area (Å²) in [6.45, 7) is 9.16. The highest BCUT2D eigenvalue weighted by molar-refractivity contribution is 5.94. The molecule has 0 heterocycles. The molecule has 0 amide bonds. The van der Waals surface area contributed by atoms with E-state index in [0.29, 0.717) is 17.1 Å². The first-order valence-corrected chi connectivity index (χ1v) is 5.58. The molecule has 14 heavy (non-hydrogen) atoms. The second-order valence-corrected chi connectivity index (χ2v) is 6.20. The van der Waals surface area contributed by atoms with Gasteiger partial charge in [0.1, 0.15) is 0 Å². The van der Waals surface area contributed by atoms with Crippen LogP contribution < -0.4 is 0 Å². The van der Waals surface area contributed by atoms with E-state index in [0.717, 1.165) is 6.42 Å². The summed E-state index contributed by atoms with van der Waals surface area (Å²) in [4.78, 5) is 11.5. The van der Waals surface area contributed by atoms with Gasteiger partial charge in [0.25, 0.3) is 0 Å². The Labute approximate surface area is 86.6 Å². The van der Waals surface area contributed by atoms with Gasteiger partial charge in [-0.2, -0.15) is 0 Å². The fourth-order valence-electron chi connectivity index (χ4n) is 2.96. The van der Waals surface area contributed by atoms with E-state index in [1.54, 1.807) is 0 Å². The van der Waals surface area contributed by atoms with Crippen molar-refractivity contribution in [3.05, 3.63) is 11.6 Å². The predicted molar refractivity (Wildman–Crippen MR) is 58.0 cm³/mol. The first-order valence-electron chi connectivity index (χ1n) is 5.58. The van der Waals surface area contributed by atoms with Crippen LogP contribution in [0.3, 0.4) is 0 Å². The van der Waals surface area contributed by atoms with E-state index >= 15 is 0 Å². The Morgan fingerprint density at radius 2 is 1.86 bits per heavy atom. The molecule has 0 saturated heterocycles. The van der Waals surface area contributed by atoms with Crippen LogP contribution in [-0.4, -0.2) is 5.78 Å². The second kappa shape index (κ2) is 2.71. The highest BCUT2D eigenvalue weighted by Gasteiger charge is 2.46. The molecule has 1 atom stereocenters. The van der Waals surface area contributed by atoms with Crippen LogP contribution in [0.5, 0.6) is 0 Å². The summed E-state index contributed by atoms with van der Waals surface area (Å²) < 4.78 is 0. The molecular formula is C13H20O. The lowest BCUT2D eigenvalue weighted by atomic mass is 9.58. The number of hydrogen-bond acceptors (Lipinski definition) is 1. The standard InChI is InChI=1S/C13H20O/c1-12(2)5-6-13(3,4)11-8-9(14)7-10(11)12/h7,11H,5-6,8H2,1-4H3/t11-/m1/s1. The summed E-state index contributed by atoms with van der Waals surface area (Å²) in [5, 5.41) is 0. The molecule has 1 heteroatoms. The number of hydrogen-bond donors (Lipinski definition) is 0. The molecule has 78 valence electrons. The van der Waals surface area contributed by atoms with Gasteiger partial charge in [-0.25, -0.2) is 0 Å². The Morgan fingerprint density at radius 3 is 2.43 bits per heavy atom. The Kier molecular flexibility index (Phi) is 1.93. The molecule has 0 radical (unpaired) electrons. The van der Waals surface area contributed by atoms with E-state index in [9.17, 15) is 4.79 Å². The molecule has 0 aromatic rings. The highest BCUT2D eigenvalue weighted by Crippen LogP contribution is 2.55. The maximum atomic E-state index is 11.5. The second-order valence-electron chi connectivity index (χ2n) is 6.20. The van der Waals surface area contributed by atoms with E-state index in [2.05, 4.69) is 27.7 Å². The van der Waals surface area contributed by atoms with Gasteiger partial charge in [-0.05, 0) is 35.7 Å². The quantitative estimate of drug-likeness (QED) is 0.575. The summed E-state index contributed by atoms with van der Waals surface area (Å²) in [5.74, 6) is 0.854. The number of rotatable bonds is 0. The molecule has 0 bridgehead atoms. The predicted octanol–water partition coefficient (Wildman–Crippen LogP) is 3.35. The summed E-state index contributed by atoms with van der Waals surface area (Å²) >= 11 is 0. The van der Waals surface area contributed by atoms with Gasteiger partial charge in [-0.15, -0.1) is 0 Å². The third-order valence-corrected chi connectivity index (χ3v) is 4.22. The zero-order valence-electron chi connectivity index (χ0n) is 9.68. The van der Waals surface area contributed by atoms with Crippen LogP contribution in [0, 0.1) is 16.7 Å². The van der Waals surface area contributed by atoms with E-state index < -0.39 is 0 Å². The van der Waals surface area contributed by atoms with E-state index in [1.807, 2.05) is 6.08 Å². The minimum Gasteiger partial charge on any atom is -0.295 e. The van der Waals surface area contributed by atoms with E-state index in [-0.39, 0.29) is 5.41 Å². The van der Waals surface area contributed by atoms with Crippen molar-refractivity contribution >= 4 is 5.78 Å². The molecular weight excluding hydrogens is 172 g/mol. The Balaban J connectivity index is 2.40. The number of carbonyl (C=O) groups excluding carboxylic acids is 1. The normalized spacial score (nSPS) is 33.9. The van der Waals surface area contributed by atoms with Gasteiger partial charge in [0, 0.05) is 6.42 Å². The summed E-state index contributed by atoms with van der Waals surface area (Å²) in [5.41, 5.74) is 2.00. The molecule has 0 spiro atoms. The third-order valence-electron chi connectivity index (χ3n) is 4.22. The molecule has 0 aromatic heterocycles. The average molecular weight is 192 g/mol. The number of fused-ring (bicyclic) bond motifs is 1. The maximum absolute atomic E-state index is 11.5. The SMILES string of the molecule is CC1(C)CCC(C)(C)[C@@H]2CC(=O)C=C21. The van der Waals surface area contributed by atoms with Crippen molar-refractivity contribution in [1.82, 2.24) is 0 Å². The topological polar surface area (TPSA) is 17.1 Å². The molecule has 1 saturated carbocycles. The Hall–Kier alpha value is -0.590. The van der Waals surface area contributed by atoms with Gasteiger partial charge in [0.05, 0.1) is 0 Å². The van der Waals surface area contributed by atoms with E-state index in [4.69, 9.17) is 0 Å². The summed E-state index contributed by atoms with van der Waals surface area (Å²) in [6, 6.07) is 0. The van der Waals surface area contributed by atoms with Gasteiger partial charge in [0.2, 0.25) is 0 Å². The van der Waals surface area contributed by atoms with Crippen molar-refractivity contribution in [2.75, 3.05) is 0 Å². The summed E-state index contributed by atoms with van der Waals surface area (Å²) in [6.07, 6.45) is 5.14. The van der Waals surface area contributed by atoms with Crippen molar-refractivity contribution in [2.45, 2.75) is 47.0 Å². The van der Waals surface area contributed by atoms with Gasteiger partial charge in [-0.1, -0.05) is 33.3 Å². The van der Waals surface area contributed by atoms with Gasteiger partial charge in [-0.3, -0.25) is 4.79 Å². The van der Waals surface area contributed by atoms with Gasteiger partial charge in [0.15, 0.2) is 5.78 Å². The molecule has 2 rings (SSSR count).